The Hall–Kier alpha value is -0.610. The summed E-state index contributed by atoms with van der Waals surface area (Å²) >= 11 is 0. The number of hydrogen-bond donors (Lipinski definition) is 2. The zero-order valence-corrected chi connectivity index (χ0v) is 14.3. The van der Waals surface area contributed by atoms with Gasteiger partial charge in [-0.2, -0.15) is 0 Å². The predicted molar refractivity (Wildman–Crippen MR) is 87.1 cm³/mol. The van der Waals surface area contributed by atoms with Crippen molar-refractivity contribution in [2.24, 2.45) is 11.7 Å². The van der Waals surface area contributed by atoms with E-state index in [0.29, 0.717) is 12.0 Å². The van der Waals surface area contributed by atoms with Crippen molar-refractivity contribution in [1.29, 1.82) is 0 Å². The maximum Gasteiger partial charge on any atom is 0.237 e. The quantitative estimate of drug-likeness (QED) is 0.643. The van der Waals surface area contributed by atoms with E-state index in [4.69, 9.17) is 10.5 Å². The Bertz CT molecular complexity index is 320. The van der Waals surface area contributed by atoms with Crippen molar-refractivity contribution < 1.29 is 9.53 Å². The summed E-state index contributed by atoms with van der Waals surface area (Å²) in [5.74, 6) is 0.426. The van der Waals surface area contributed by atoms with Crippen molar-refractivity contribution in [3.05, 3.63) is 0 Å². The Morgan fingerprint density at radius 3 is 2.57 bits per heavy atom. The van der Waals surface area contributed by atoms with E-state index in [1.165, 1.54) is 25.7 Å². The van der Waals surface area contributed by atoms with Gasteiger partial charge in [0.05, 0.1) is 11.6 Å². The summed E-state index contributed by atoms with van der Waals surface area (Å²) in [5, 5.41) is 3.29. The van der Waals surface area contributed by atoms with E-state index in [1.807, 2.05) is 20.8 Å². The monoisotopic (exact) mass is 298 g/mol. The number of nitrogens with two attached hydrogens (primary N) is 1. The van der Waals surface area contributed by atoms with Crippen LogP contribution in [0.2, 0.25) is 0 Å². The fourth-order valence-corrected chi connectivity index (χ4v) is 3.25. The minimum atomic E-state index is -0.605. The molecule has 124 valence electrons. The molecular weight excluding hydrogens is 264 g/mol. The van der Waals surface area contributed by atoms with Gasteiger partial charge < -0.3 is 15.8 Å². The molecule has 0 aromatic rings. The van der Waals surface area contributed by atoms with E-state index in [9.17, 15) is 4.79 Å². The number of unbranched alkanes of at least 4 members (excludes halogenated alkanes) is 1. The second-order valence-corrected chi connectivity index (χ2v) is 7.12. The van der Waals surface area contributed by atoms with Gasteiger partial charge in [-0.15, -0.1) is 0 Å². The number of hydrogen-bond acceptors (Lipinski definition) is 3. The molecule has 0 aliphatic heterocycles. The third-order valence-corrected chi connectivity index (χ3v) is 4.59. The summed E-state index contributed by atoms with van der Waals surface area (Å²) in [4.78, 5) is 11.6. The third-order valence-electron chi connectivity index (χ3n) is 4.59. The molecular formula is C17H34N2O2. The molecule has 3 N–H and O–H groups in total. The largest absolute Gasteiger partial charge is 0.378 e. The van der Waals surface area contributed by atoms with Gasteiger partial charge in [0.1, 0.15) is 0 Å². The minimum Gasteiger partial charge on any atom is -0.378 e. The molecule has 1 saturated carbocycles. The van der Waals surface area contributed by atoms with Crippen LogP contribution >= 0.6 is 0 Å². The summed E-state index contributed by atoms with van der Waals surface area (Å²) in [5.41, 5.74) is 4.93. The van der Waals surface area contributed by atoms with Gasteiger partial charge >= 0.3 is 0 Å². The van der Waals surface area contributed by atoms with Crippen LogP contribution in [-0.2, 0) is 9.53 Å². The van der Waals surface area contributed by atoms with Crippen molar-refractivity contribution >= 4 is 5.91 Å². The topological polar surface area (TPSA) is 64.3 Å². The van der Waals surface area contributed by atoms with Gasteiger partial charge in [0.2, 0.25) is 5.91 Å². The van der Waals surface area contributed by atoms with Crippen molar-refractivity contribution in [2.75, 3.05) is 6.61 Å². The molecule has 0 aromatic heterocycles. The van der Waals surface area contributed by atoms with E-state index in [-0.39, 0.29) is 11.9 Å². The van der Waals surface area contributed by atoms with Crippen LogP contribution in [0.5, 0.6) is 0 Å². The van der Waals surface area contributed by atoms with Gasteiger partial charge in [-0.3, -0.25) is 4.79 Å². The van der Waals surface area contributed by atoms with Crippen molar-refractivity contribution in [3.8, 4) is 0 Å². The van der Waals surface area contributed by atoms with Gasteiger partial charge in [0, 0.05) is 12.6 Å². The summed E-state index contributed by atoms with van der Waals surface area (Å²) in [6.07, 6.45) is 8.30. The number of carbonyl (C=O) groups excluding carboxylic acids is 1. The molecule has 3 unspecified atom stereocenters. The van der Waals surface area contributed by atoms with E-state index < -0.39 is 5.54 Å². The van der Waals surface area contributed by atoms with Crippen molar-refractivity contribution in [2.45, 2.75) is 90.3 Å². The maximum absolute atomic E-state index is 11.6. The molecule has 1 fully saturated rings. The van der Waals surface area contributed by atoms with Crippen LogP contribution in [-0.4, -0.2) is 30.2 Å². The van der Waals surface area contributed by atoms with Gasteiger partial charge in [0.15, 0.2) is 0 Å². The fraction of sp³-hybridized carbons (Fsp3) is 0.941. The van der Waals surface area contributed by atoms with E-state index in [0.717, 1.165) is 25.9 Å². The first-order valence-electron chi connectivity index (χ1n) is 8.54. The predicted octanol–water partition coefficient (Wildman–Crippen LogP) is 2.99. The summed E-state index contributed by atoms with van der Waals surface area (Å²) in [7, 11) is 0. The summed E-state index contributed by atoms with van der Waals surface area (Å²) < 4.78 is 6.01. The van der Waals surface area contributed by atoms with Gasteiger partial charge in [-0.25, -0.2) is 0 Å². The zero-order valence-electron chi connectivity index (χ0n) is 14.3. The van der Waals surface area contributed by atoms with Crippen LogP contribution in [0.4, 0.5) is 0 Å². The molecule has 0 radical (unpaired) electrons. The third kappa shape index (κ3) is 6.35. The van der Waals surface area contributed by atoms with Crippen LogP contribution in [0.3, 0.4) is 0 Å². The zero-order chi connectivity index (χ0) is 15.9. The highest BCUT2D eigenvalue weighted by Gasteiger charge is 2.30. The van der Waals surface area contributed by atoms with E-state index in [2.05, 4.69) is 12.2 Å². The Morgan fingerprint density at radius 2 is 2.00 bits per heavy atom. The molecule has 4 heteroatoms. The summed E-state index contributed by atoms with van der Waals surface area (Å²) in [6, 6.07) is 0.252. The lowest BCUT2D eigenvalue weighted by molar-refractivity contribution is -0.124. The Balaban J connectivity index is 2.23. The molecule has 0 bridgehead atoms. The van der Waals surface area contributed by atoms with Crippen molar-refractivity contribution in [1.82, 2.24) is 5.32 Å². The molecule has 4 nitrogen and oxygen atoms in total. The molecule has 3 atom stereocenters. The standard InChI is InChI=1S/C17H34N2O2/c1-13(2)19-17(4,16(18)20)11-7-8-12-21-15-10-6-5-9-14(15)3/h13-15,19H,5-12H2,1-4H3,(H2,18,20). The Kier molecular flexibility index (Phi) is 7.67. The molecule has 0 aromatic carbocycles. The van der Waals surface area contributed by atoms with Crippen LogP contribution < -0.4 is 11.1 Å². The minimum absolute atomic E-state index is 0.252. The molecule has 1 amide bonds. The van der Waals surface area contributed by atoms with Gasteiger partial charge in [0.25, 0.3) is 0 Å². The number of ether oxygens (including phenoxy) is 1. The first kappa shape index (κ1) is 18.4. The highest BCUT2D eigenvalue weighted by atomic mass is 16.5. The van der Waals surface area contributed by atoms with Crippen LogP contribution in [0.1, 0.15) is 72.6 Å². The fourth-order valence-electron chi connectivity index (χ4n) is 3.25. The number of rotatable bonds is 9. The second kappa shape index (κ2) is 8.74. The molecule has 21 heavy (non-hydrogen) atoms. The molecule has 1 aliphatic carbocycles. The molecule has 0 spiro atoms. The average Bonchev–Trinajstić information content (AvgIpc) is 2.39. The lowest BCUT2D eigenvalue weighted by Crippen LogP contribution is -2.55. The SMILES string of the molecule is CC(C)NC(C)(CCCCOC1CCCCC1C)C(N)=O. The van der Waals surface area contributed by atoms with Gasteiger partial charge in [-0.05, 0) is 58.8 Å². The first-order chi connectivity index (χ1) is 9.85. The van der Waals surface area contributed by atoms with Gasteiger partial charge in [-0.1, -0.05) is 19.8 Å². The molecule has 0 saturated heterocycles. The Labute approximate surface area is 130 Å². The number of primary amides is 1. The highest BCUT2D eigenvalue weighted by molar-refractivity contribution is 5.84. The summed E-state index contributed by atoms with van der Waals surface area (Å²) in [6.45, 7) is 9.06. The highest BCUT2D eigenvalue weighted by Crippen LogP contribution is 2.26. The van der Waals surface area contributed by atoms with Crippen LogP contribution in [0.25, 0.3) is 0 Å². The van der Waals surface area contributed by atoms with E-state index in [1.54, 1.807) is 0 Å². The molecule has 1 rings (SSSR count). The first-order valence-corrected chi connectivity index (χ1v) is 8.54. The normalized spacial score (nSPS) is 25.8. The molecule has 0 heterocycles. The lowest BCUT2D eigenvalue weighted by Gasteiger charge is -2.30. The number of carbonyl (C=O) groups is 1. The number of amides is 1. The number of nitrogens with one attached hydrogen (secondary N) is 1. The van der Waals surface area contributed by atoms with E-state index >= 15 is 0 Å². The van der Waals surface area contributed by atoms with Crippen LogP contribution in [0, 0.1) is 5.92 Å². The maximum atomic E-state index is 11.6. The average molecular weight is 298 g/mol. The molecule has 1 aliphatic rings. The van der Waals surface area contributed by atoms with Crippen LogP contribution in [0.15, 0.2) is 0 Å². The Morgan fingerprint density at radius 1 is 1.33 bits per heavy atom. The lowest BCUT2D eigenvalue weighted by atomic mass is 9.88. The smallest absolute Gasteiger partial charge is 0.237 e. The van der Waals surface area contributed by atoms with Crippen molar-refractivity contribution in [3.63, 3.8) is 0 Å². The second-order valence-electron chi connectivity index (χ2n) is 7.12.